The molecule has 0 bridgehead atoms. The van der Waals surface area contributed by atoms with E-state index in [1.54, 1.807) is 0 Å². The van der Waals surface area contributed by atoms with Crippen LogP contribution in [0.3, 0.4) is 0 Å². The van der Waals surface area contributed by atoms with E-state index in [0.717, 1.165) is 54.5 Å². The van der Waals surface area contributed by atoms with Crippen LogP contribution in [0.1, 0.15) is 64.9 Å². The minimum Gasteiger partial charge on any atom is -0.481 e. The van der Waals surface area contributed by atoms with Gasteiger partial charge in [-0.15, -0.1) is 11.3 Å². The summed E-state index contributed by atoms with van der Waals surface area (Å²) < 4.78 is 0. The Morgan fingerprint density at radius 1 is 0.968 bits per heavy atom. The van der Waals surface area contributed by atoms with Gasteiger partial charge in [-0.25, -0.2) is 0 Å². The van der Waals surface area contributed by atoms with Crippen molar-refractivity contribution >= 4 is 34.1 Å². The molecule has 2 aliphatic carbocycles. The average Bonchev–Trinajstić information content (AvgIpc) is 3.16. The lowest BCUT2D eigenvalue weighted by Crippen LogP contribution is -2.36. The van der Waals surface area contributed by atoms with Crippen molar-refractivity contribution in [3.05, 3.63) is 51.9 Å². The number of thiophene rings is 1. The summed E-state index contributed by atoms with van der Waals surface area (Å²) in [6.45, 7) is 0.418. The maximum atomic E-state index is 13.2. The van der Waals surface area contributed by atoms with E-state index in [9.17, 15) is 19.5 Å². The fourth-order valence-electron chi connectivity index (χ4n) is 4.71. The van der Waals surface area contributed by atoms with Gasteiger partial charge in [-0.3, -0.25) is 14.4 Å². The average molecular weight is 441 g/mol. The molecule has 1 aromatic heterocycles. The predicted octanol–water partition coefficient (Wildman–Crippen LogP) is 4.39. The third kappa shape index (κ3) is 4.82. The molecule has 6 nitrogen and oxygen atoms in total. The van der Waals surface area contributed by atoms with Crippen molar-refractivity contribution in [1.82, 2.24) is 5.32 Å². The summed E-state index contributed by atoms with van der Waals surface area (Å²) in [5.74, 6) is -2.57. The molecule has 2 aromatic rings. The monoisotopic (exact) mass is 440 g/mol. The molecule has 0 unspecified atom stereocenters. The number of hydrogen-bond donors (Lipinski definition) is 3. The number of amides is 2. The minimum absolute atomic E-state index is 0.183. The number of benzene rings is 1. The standard InChI is InChI=1S/C24H28N2O4S/c27-21(16-10-4-5-11-17(16)24(29)30)26-23-20(18-12-6-7-13-19(18)31-23)22(28)25-14-15-8-2-1-3-9-15/h1-3,8-9,16-17H,4-7,10-14H2,(H,25,28)(H,26,27)(H,29,30)/t16-,17+/m1/s1. The fourth-order valence-corrected chi connectivity index (χ4v) is 6.00. The second-order valence-corrected chi connectivity index (χ2v) is 9.51. The Labute approximate surface area is 186 Å². The van der Waals surface area contributed by atoms with Gasteiger partial charge in [0.05, 0.1) is 17.4 Å². The molecule has 2 amide bonds. The van der Waals surface area contributed by atoms with Crippen molar-refractivity contribution in [2.75, 3.05) is 5.32 Å². The van der Waals surface area contributed by atoms with Crippen LogP contribution in [0.4, 0.5) is 5.00 Å². The predicted molar refractivity (Wildman–Crippen MR) is 120 cm³/mol. The third-order valence-corrected chi connectivity index (χ3v) is 7.56. The molecule has 4 rings (SSSR count). The van der Waals surface area contributed by atoms with Crippen LogP contribution >= 0.6 is 11.3 Å². The summed E-state index contributed by atoms with van der Waals surface area (Å²) in [7, 11) is 0. The van der Waals surface area contributed by atoms with Crippen LogP contribution in [0, 0.1) is 11.8 Å². The van der Waals surface area contributed by atoms with E-state index in [-0.39, 0.29) is 11.8 Å². The highest BCUT2D eigenvalue weighted by Gasteiger charge is 2.37. The van der Waals surface area contributed by atoms with Gasteiger partial charge in [-0.1, -0.05) is 43.2 Å². The summed E-state index contributed by atoms with van der Waals surface area (Å²) in [5, 5.41) is 16.1. The number of aliphatic carboxylic acids is 1. The third-order valence-electron chi connectivity index (χ3n) is 6.35. The van der Waals surface area contributed by atoms with Gasteiger partial charge in [-0.2, -0.15) is 0 Å². The van der Waals surface area contributed by atoms with E-state index < -0.39 is 17.8 Å². The molecule has 1 aromatic carbocycles. The highest BCUT2D eigenvalue weighted by molar-refractivity contribution is 7.17. The van der Waals surface area contributed by atoms with Crippen molar-refractivity contribution in [1.29, 1.82) is 0 Å². The Morgan fingerprint density at radius 2 is 1.68 bits per heavy atom. The number of aryl methyl sites for hydroxylation is 1. The normalized spacial score (nSPS) is 20.5. The molecule has 0 saturated heterocycles. The first-order chi connectivity index (χ1) is 15.0. The Hall–Kier alpha value is -2.67. The number of nitrogens with one attached hydrogen (secondary N) is 2. The van der Waals surface area contributed by atoms with Crippen LogP contribution in [0.15, 0.2) is 30.3 Å². The largest absolute Gasteiger partial charge is 0.481 e. The molecular weight excluding hydrogens is 412 g/mol. The second kappa shape index (κ2) is 9.64. The quantitative estimate of drug-likeness (QED) is 0.621. The van der Waals surface area contributed by atoms with Crippen LogP contribution in [-0.2, 0) is 29.0 Å². The number of carbonyl (C=O) groups excluding carboxylic acids is 2. The zero-order chi connectivity index (χ0) is 21.8. The maximum Gasteiger partial charge on any atom is 0.307 e. The van der Waals surface area contributed by atoms with Gasteiger partial charge in [-0.05, 0) is 49.7 Å². The number of fused-ring (bicyclic) bond motifs is 1. The topological polar surface area (TPSA) is 95.5 Å². The Bertz CT molecular complexity index is 969. The molecule has 0 spiro atoms. The summed E-state index contributed by atoms with van der Waals surface area (Å²) in [4.78, 5) is 39.0. The van der Waals surface area contributed by atoms with Gasteiger partial charge in [0.1, 0.15) is 5.00 Å². The maximum absolute atomic E-state index is 13.2. The van der Waals surface area contributed by atoms with Crippen molar-refractivity contribution in [3.63, 3.8) is 0 Å². The van der Waals surface area contributed by atoms with E-state index in [4.69, 9.17) is 0 Å². The fraction of sp³-hybridized carbons (Fsp3) is 0.458. The molecule has 7 heteroatoms. The zero-order valence-corrected chi connectivity index (χ0v) is 18.3. The van der Waals surface area contributed by atoms with Gasteiger partial charge in [0.15, 0.2) is 0 Å². The van der Waals surface area contributed by atoms with Crippen LogP contribution in [-0.4, -0.2) is 22.9 Å². The van der Waals surface area contributed by atoms with Gasteiger partial charge in [0.2, 0.25) is 5.91 Å². The van der Waals surface area contributed by atoms with Gasteiger partial charge in [0.25, 0.3) is 5.91 Å². The first kappa shape index (κ1) is 21.6. The van der Waals surface area contributed by atoms with Crippen molar-refractivity contribution in [2.24, 2.45) is 11.8 Å². The Balaban J connectivity index is 1.55. The lowest BCUT2D eigenvalue weighted by atomic mass is 9.78. The van der Waals surface area contributed by atoms with Crippen molar-refractivity contribution in [3.8, 4) is 0 Å². The van der Waals surface area contributed by atoms with Crippen LogP contribution < -0.4 is 10.6 Å². The van der Waals surface area contributed by atoms with E-state index in [1.165, 1.54) is 11.3 Å². The molecular formula is C24H28N2O4S. The molecule has 1 saturated carbocycles. The molecule has 2 aliphatic rings. The van der Waals surface area contributed by atoms with E-state index >= 15 is 0 Å². The number of anilines is 1. The smallest absolute Gasteiger partial charge is 0.307 e. The molecule has 164 valence electrons. The van der Waals surface area contributed by atoms with E-state index in [0.29, 0.717) is 30.0 Å². The first-order valence-electron chi connectivity index (χ1n) is 11.0. The minimum atomic E-state index is -0.911. The number of carbonyl (C=O) groups is 3. The lowest BCUT2D eigenvalue weighted by molar-refractivity contribution is -0.147. The molecule has 1 heterocycles. The van der Waals surface area contributed by atoms with E-state index in [2.05, 4.69) is 10.6 Å². The number of carboxylic acid groups (broad SMARTS) is 1. The van der Waals surface area contributed by atoms with Crippen molar-refractivity contribution < 1.29 is 19.5 Å². The molecule has 31 heavy (non-hydrogen) atoms. The number of hydrogen-bond acceptors (Lipinski definition) is 4. The van der Waals surface area contributed by atoms with E-state index in [1.807, 2.05) is 30.3 Å². The number of rotatable bonds is 6. The van der Waals surface area contributed by atoms with Crippen LogP contribution in [0.2, 0.25) is 0 Å². The molecule has 0 radical (unpaired) electrons. The van der Waals surface area contributed by atoms with Gasteiger partial charge >= 0.3 is 5.97 Å². The summed E-state index contributed by atoms with van der Waals surface area (Å²) >= 11 is 1.47. The Kier molecular flexibility index (Phi) is 6.70. The second-order valence-electron chi connectivity index (χ2n) is 8.41. The molecule has 3 N–H and O–H groups in total. The summed E-state index contributed by atoms with van der Waals surface area (Å²) in [6.07, 6.45) is 6.64. The summed E-state index contributed by atoms with van der Waals surface area (Å²) in [6, 6.07) is 9.72. The lowest BCUT2D eigenvalue weighted by Gasteiger charge is -2.27. The molecule has 2 atom stereocenters. The van der Waals surface area contributed by atoms with Gasteiger partial charge < -0.3 is 15.7 Å². The number of carboxylic acids is 1. The van der Waals surface area contributed by atoms with Gasteiger partial charge in [0, 0.05) is 11.4 Å². The van der Waals surface area contributed by atoms with Crippen LogP contribution in [0.5, 0.6) is 0 Å². The van der Waals surface area contributed by atoms with Crippen molar-refractivity contribution in [2.45, 2.75) is 57.9 Å². The Morgan fingerprint density at radius 3 is 2.42 bits per heavy atom. The first-order valence-corrected chi connectivity index (χ1v) is 11.9. The SMILES string of the molecule is O=C(NCc1ccccc1)c1c(NC(=O)[C@@H]2CCCC[C@@H]2C(=O)O)sc2c1CCCC2. The molecule has 0 aliphatic heterocycles. The summed E-state index contributed by atoms with van der Waals surface area (Å²) in [5.41, 5.74) is 2.61. The van der Waals surface area contributed by atoms with Crippen LogP contribution in [0.25, 0.3) is 0 Å². The highest BCUT2D eigenvalue weighted by Crippen LogP contribution is 2.39. The highest BCUT2D eigenvalue weighted by atomic mass is 32.1. The molecule has 1 fully saturated rings. The zero-order valence-electron chi connectivity index (χ0n) is 17.5.